The van der Waals surface area contributed by atoms with Crippen LogP contribution >= 0.6 is 11.8 Å². The Morgan fingerprint density at radius 2 is 2.42 bits per heavy atom. The Balaban J connectivity index is 2.05. The molecular weight excluding hydrogens is 174 g/mol. The van der Waals surface area contributed by atoms with Gasteiger partial charge in [0.1, 0.15) is 6.04 Å². The van der Waals surface area contributed by atoms with Gasteiger partial charge in [0, 0.05) is 5.75 Å². The molecule has 2 N–H and O–H groups in total. The Labute approximate surface area is 76.9 Å². The molecule has 0 heterocycles. The Kier molecular flexibility index (Phi) is 3.88. The highest BCUT2D eigenvalue weighted by atomic mass is 32.2. The number of nitrogens with one attached hydrogen (secondary N) is 1. The Morgan fingerprint density at radius 1 is 1.75 bits per heavy atom. The second-order valence-electron chi connectivity index (χ2n) is 3.16. The first kappa shape index (κ1) is 9.86. The summed E-state index contributed by atoms with van der Waals surface area (Å²) >= 11 is 1.74. The van der Waals surface area contributed by atoms with Crippen LogP contribution in [0.3, 0.4) is 0 Å². The van der Waals surface area contributed by atoms with Crippen LogP contribution in [0.15, 0.2) is 0 Å². The summed E-state index contributed by atoms with van der Waals surface area (Å²) in [6, 6.07) is -0.381. The molecule has 0 aromatic rings. The summed E-state index contributed by atoms with van der Waals surface area (Å²) in [4.78, 5) is 10.5. The van der Waals surface area contributed by atoms with Crippen molar-refractivity contribution < 1.29 is 9.90 Å². The third-order valence-corrected chi connectivity index (χ3v) is 3.26. The predicted molar refractivity (Wildman–Crippen MR) is 50.5 cm³/mol. The summed E-state index contributed by atoms with van der Waals surface area (Å²) < 4.78 is 0. The molecule has 1 atom stereocenters. The minimum Gasteiger partial charge on any atom is -0.480 e. The first-order valence-electron chi connectivity index (χ1n) is 4.22. The van der Waals surface area contributed by atoms with E-state index >= 15 is 0 Å². The maximum absolute atomic E-state index is 10.5. The Bertz CT molecular complexity index is 159. The molecule has 1 saturated carbocycles. The maximum Gasteiger partial charge on any atom is 0.321 e. The topological polar surface area (TPSA) is 49.3 Å². The van der Waals surface area contributed by atoms with E-state index in [2.05, 4.69) is 5.32 Å². The van der Waals surface area contributed by atoms with Crippen LogP contribution in [0.25, 0.3) is 0 Å². The molecule has 1 rings (SSSR count). The first-order valence-corrected chi connectivity index (χ1v) is 5.37. The zero-order valence-corrected chi connectivity index (χ0v) is 8.06. The number of hydrogen-bond donors (Lipinski definition) is 2. The van der Waals surface area contributed by atoms with Crippen LogP contribution < -0.4 is 5.32 Å². The van der Waals surface area contributed by atoms with E-state index in [9.17, 15) is 4.79 Å². The van der Waals surface area contributed by atoms with Gasteiger partial charge in [-0.25, -0.2) is 0 Å². The summed E-state index contributed by atoms with van der Waals surface area (Å²) in [7, 11) is 1.69. The zero-order chi connectivity index (χ0) is 8.97. The largest absolute Gasteiger partial charge is 0.480 e. The quantitative estimate of drug-likeness (QED) is 0.649. The van der Waals surface area contributed by atoms with Gasteiger partial charge in [-0.3, -0.25) is 4.79 Å². The van der Waals surface area contributed by atoms with Gasteiger partial charge >= 0.3 is 5.97 Å². The monoisotopic (exact) mass is 189 g/mol. The molecule has 4 heteroatoms. The van der Waals surface area contributed by atoms with Gasteiger partial charge in [-0.2, -0.15) is 11.8 Å². The predicted octanol–water partition coefficient (Wildman–Crippen LogP) is 0.802. The Hall–Kier alpha value is -0.220. The molecule has 3 nitrogen and oxygen atoms in total. The minimum atomic E-state index is -0.749. The molecule has 0 aromatic heterocycles. The summed E-state index contributed by atoms with van der Waals surface area (Å²) in [6.07, 6.45) is 2.68. The van der Waals surface area contributed by atoms with Gasteiger partial charge in [-0.15, -0.1) is 0 Å². The van der Waals surface area contributed by atoms with Gasteiger partial charge in [0.2, 0.25) is 0 Å². The van der Waals surface area contributed by atoms with Crippen molar-refractivity contribution in [2.75, 3.05) is 18.6 Å². The average molecular weight is 189 g/mol. The van der Waals surface area contributed by atoms with Crippen molar-refractivity contribution in [3.63, 3.8) is 0 Å². The van der Waals surface area contributed by atoms with E-state index in [1.807, 2.05) is 0 Å². The van der Waals surface area contributed by atoms with E-state index in [1.54, 1.807) is 18.8 Å². The SMILES string of the molecule is CNC(CSCC1CC1)C(=O)O. The number of carbonyl (C=O) groups is 1. The average Bonchev–Trinajstić information content (AvgIpc) is 2.80. The van der Waals surface area contributed by atoms with E-state index in [0.717, 1.165) is 11.7 Å². The molecule has 0 aliphatic heterocycles. The highest BCUT2D eigenvalue weighted by molar-refractivity contribution is 7.99. The van der Waals surface area contributed by atoms with Crippen LogP contribution in [-0.4, -0.2) is 35.7 Å². The van der Waals surface area contributed by atoms with Crippen LogP contribution in [0.2, 0.25) is 0 Å². The molecule has 0 bridgehead atoms. The molecular formula is C8H15NO2S. The Morgan fingerprint density at radius 3 is 2.83 bits per heavy atom. The maximum atomic E-state index is 10.5. The zero-order valence-electron chi connectivity index (χ0n) is 7.25. The summed E-state index contributed by atoms with van der Waals surface area (Å²) in [6.45, 7) is 0. The fourth-order valence-corrected chi connectivity index (χ4v) is 2.26. The summed E-state index contributed by atoms with van der Waals surface area (Å²) in [5.41, 5.74) is 0. The molecule has 0 radical (unpaired) electrons. The second kappa shape index (κ2) is 4.72. The molecule has 1 unspecified atom stereocenters. The highest BCUT2D eigenvalue weighted by Gasteiger charge is 2.22. The van der Waals surface area contributed by atoms with E-state index in [4.69, 9.17) is 5.11 Å². The lowest BCUT2D eigenvalue weighted by Gasteiger charge is -2.09. The summed E-state index contributed by atoms with van der Waals surface area (Å²) in [5.74, 6) is 1.94. The van der Waals surface area contributed by atoms with Crippen LogP contribution in [0.5, 0.6) is 0 Å². The van der Waals surface area contributed by atoms with Crippen molar-refractivity contribution in [1.82, 2.24) is 5.32 Å². The fourth-order valence-electron chi connectivity index (χ4n) is 0.915. The van der Waals surface area contributed by atoms with Crippen LogP contribution in [0, 0.1) is 5.92 Å². The molecule has 70 valence electrons. The van der Waals surface area contributed by atoms with E-state index in [-0.39, 0.29) is 6.04 Å². The lowest BCUT2D eigenvalue weighted by Crippen LogP contribution is -2.36. The van der Waals surface area contributed by atoms with Crippen molar-refractivity contribution in [2.45, 2.75) is 18.9 Å². The lowest BCUT2D eigenvalue weighted by atomic mass is 10.3. The summed E-state index contributed by atoms with van der Waals surface area (Å²) in [5, 5.41) is 11.5. The number of thioether (sulfide) groups is 1. The van der Waals surface area contributed by atoms with Gasteiger partial charge in [0.05, 0.1) is 0 Å². The number of carboxylic acid groups (broad SMARTS) is 1. The van der Waals surface area contributed by atoms with Crippen molar-refractivity contribution in [1.29, 1.82) is 0 Å². The standard InChI is InChI=1S/C8H15NO2S/c1-9-7(8(10)11)5-12-4-6-2-3-6/h6-7,9H,2-5H2,1H3,(H,10,11). The molecule has 1 aliphatic rings. The molecule has 1 fully saturated rings. The van der Waals surface area contributed by atoms with Crippen molar-refractivity contribution in [3.8, 4) is 0 Å². The second-order valence-corrected chi connectivity index (χ2v) is 4.24. The van der Waals surface area contributed by atoms with Gasteiger partial charge < -0.3 is 10.4 Å². The van der Waals surface area contributed by atoms with E-state index < -0.39 is 5.97 Å². The number of carboxylic acids is 1. The molecule has 0 aromatic carbocycles. The van der Waals surface area contributed by atoms with E-state index in [0.29, 0.717) is 5.75 Å². The third-order valence-electron chi connectivity index (χ3n) is 1.98. The van der Waals surface area contributed by atoms with Gasteiger partial charge in [-0.05, 0) is 31.6 Å². The van der Waals surface area contributed by atoms with Crippen molar-refractivity contribution >= 4 is 17.7 Å². The highest BCUT2D eigenvalue weighted by Crippen LogP contribution is 2.32. The molecule has 12 heavy (non-hydrogen) atoms. The molecule has 1 aliphatic carbocycles. The van der Waals surface area contributed by atoms with Crippen molar-refractivity contribution in [3.05, 3.63) is 0 Å². The number of aliphatic carboxylic acids is 1. The van der Waals surface area contributed by atoms with E-state index in [1.165, 1.54) is 12.8 Å². The molecule has 0 saturated heterocycles. The molecule has 0 spiro atoms. The number of likely N-dealkylation sites (N-methyl/N-ethyl adjacent to an activating group) is 1. The van der Waals surface area contributed by atoms with Gasteiger partial charge in [0.15, 0.2) is 0 Å². The number of hydrogen-bond acceptors (Lipinski definition) is 3. The van der Waals surface area contributed by atoms with Gasteiger partial charge in [0.25, 0.3) is 0 Å². The first-order chi connectivity index (χ1) is 5.74. The third kappa shape index (κ3) is 3.45. The van der Waals surface area contributed by atoms with Crippen LogP contribution in [-0.2, 0) is 4.79 Å². The van der Waals surface area contributed by atoms with Crippen LogP contribution in [0.4, 0.5) is 0 Å². The van der Waals surface area contributed by atoms with Crippen LogP contribution in [0.1, 0.15) is 12.8 Å². The molecule has 0 amide bonds. The van der Waals surface area contributed by atoms with Crippen molar-refractivity contribution in [2.24, 2.45) is 5.92 Å². The normalized spacial score (nSPS) is 19.1. The fraction of sp³-hybridized carbons (Fsp3) is 0.875. The smallest absolute Gasteiger partial charge is 0.321 e. The van der Waals surface area contributed by atoms with Gasteiger partial charge in [-0.1, -0.05) is 0 Å². The minimum absolute atomic E-state index is 0.381. The number of rotatable bonds is 6. The lowest BCUT2D eigenvalue weighted by molar-refractivity contribution is -0.138.